The van der Waals surface area contributed by atoms with Crippen LogP contribution in [0, 0.1) is 17.3 Å². The summed E-state index contributed by atoms with van der Waals surface area (Å²) in [6.07, 6.45) is -0.298. The van der Waals surface area contributed by atoms with E-state index in [4.69, 9.17) is 4.74 Å². The molecule has 1 aliphatic heterocycles. The van der Waals surface area contributed by atoms with Gasteiger partial charge in [0.1, 0.15) is 0 Å². The van der Waals surface area contributed by atoms with Crippen LogP contribution >= 0.6 is 0 Å². The number of ether oxygens (including phenoxy) is 2. The van der Waals surface area contributed by atoms with Crippen molar-refractivity contribution in [2.45, 2.75) is 33.8 Å². The average Bonchev–Trinajstić information content (AvgIpc) is 2.38. The Morgan fingerprint density at radius 1 is 1.27 bits per heavy atom. The fraction of sp³-hybridized carbons (Fsp3) is 0.818. The predicted molar refractivity (Wildman–Crippen MR) is 54.0 cm³/mol. The van der Waals surface area contributed by atoms with Crippen molar-refractivity contribution in [1.82, 2.24) is 0 Å². The molecule has 1 saturated heterocycles. The maximum absolute atomic E-state index is 11.6. The first kappa shape index (κ1) is 12.2. The van der Waals surface area contributed by atoms with Crippen LogP contribution in [0.5, 0.6) is 0 Å². The van der Waals surface area contributed by atoms with E-state index in [1.54, 1.807) is 6.92 Å². The Hall–Kier alpha value is -0.900. The minimum atomic E-state index is -0.484. The van der Waals surface area contributed by atoms with Gasteiger partial charge >= 0.3 is 11.9 Å². The summed E-state index contributed by atoms with van der Waals surface area (Å²) in [4.78, 5) is 23.1. The van der Waals surface area contributed by atoms with Gasteiger partial charge in [0.2, 0.25) is 0 Å². The van der Waals surface area contributed by atoms with Crippen LogP contribution in [0.3, 0.4) is 0 Å². The summed E-state index contributed by atoms with van der Waals surface area (Å²) >= 11 is 0. The lowest BCUT2D eigenvalue weighted by molar-refractivity contribution is -0.155. The van der Waals surface area contributed by atoms with Gasteiger partial charge in [-0.05, 0) is 12.3 Å². The third kappa shape index (κ3) is 2.20. The number of rotatable bonds is 2. The number of methoxy groups -OCH3 is 1. The van der Waals surface area contributed by atoms with E-state index >= 15 is 0 Å². The monoisotopic (exact) mass is 214 g/mol. The fourth-order valence-electron chi connectivity index (χ4n) is 2.01. The van der Waals surface area contributed by atoms with Crippen LogP contribution in [0.2, 0.25) is 0 Å². The molecule has 0 radical (unpaired) electrons. The Morgan fingerprint density at radius 2 is 1.80 bits per heavy atom. The molecule has 0 saturated carbocycles. The quantitative estimate of drug-likeness (QED) is 0.515. The molecule has 15 heavy (non-hydrogen) atoms. The first-order chi connectivity index (χ1) is 6.79. The molecule has 86 valence electrons. The predicted octanol–water partition coefficient (Wildman–Crippen LogP) is 1.38. The van der Waals surface area contributed by atoms with Crippen molar-refractivity contribution >= 4 is 11.9 Å². The van der Waals surface area contributed by atoms with Crippen molar-refractivity contribution < 1.29 is 19.1 Å². The molecule has 0 N–H and O–H groups in total. The van der Waals surface area contributed by atoms with E-state index in [-0.39, 0.29) is 11.5 Å². The van der Waals surface area contributed by atoms with Crippen molar-refractivity contribution in [2.75, 3.05) is 7.11 Å². The van der Waals surface area contributed by atoms with Crippen molar-refractivity contribution in [1.29, 1.82) is 0 Å². The molecule has 0 bridgehead atoms. The summed E-state index contributed by atoms with van der Waals surface area (Å²) in [5.74, 6) is -1.79. The minimum Gasteiger partial charge on any atom is -0.393 e. The molecular formula is C11H18O4. The molecule has 0 aromatic heterocycles. The second-order valence-corrected chi connectivity index (χ2v) is 5.05. The highest BCUT2D eigenvalue weighted by molar-refractivity contribution is 5.97. The molecule has 0 aromatic carbocycles. The largest absolute Gasteiger partial charge is 0.393 e. The van der Waals surface area contributed by atoms with Crippen LogP contribution in [0.1, 0.15) is 27.7 Å². The second kappa shape index (κ2) is 3.93. The van der Waals surface area contributed by atoms with Gasteiger partial charge < -0.3 is 9.47 Å². The van der Waals surface area contributed by atoms with Gasteiger partial charge in [0, 0.05) is 7.11 Å². The maximum atomic E-state index is 11.6. The topological polar surface area (TPSA) is 52.6 Å². The first-order valence-electron chi connectivity index (χ1n) is 5.07. The molecule has 1 rings (SSSR count). The lowest BCUT2D eigenvalue weighted by Crippen LogP contribution is -2.37. The van der Waals surface area contributed by atoms with Crippen LogP contribution < -0.4 is 0 Å². The van der Waals surface area contributed by atoms with Crippen LogP contribution in [-0.4, -0.2) is 25.2 Å². The number of esters is 2. The summed E-state index contributed by atoms with van der Waals surface area (Å²) in [5.41, 5.74) is -0.291. The van der Waals surface area contributed by atoms with Gasteiger partial charge in [0.05, 0.1) is 17.9 Å². The Morgan fingerprint density at radius 3 is 2.20 bits per heavy atom. The van der Waals surface area contributed by atoms with E-state index in [9.17, 15) is 9.59 Å². The van der Waals surface area contributed by atoms with Gasteiger partial charge in [-0.3, -0.25) is 9.59 Å². The zero-order valence-electron chi connectivity index (χ0n) is 9.87. The normalized spacial score (nSPS) is 29.1. The van der Waals surface area contributed by atoms with Gasteiger partial charge in [0.25, 0.3) is 0 Å². The summed E-state index contributed by atoms with van der Waals surface area (Å²) in [5, 5.41) is 0. The van der Waals surface area contributed by atoms with Crippen molar-refractivity contribution in [2.24, 2.45) is 17.3 Å². The lowest BCUT2D eigenvalue weighted by atomic mass is 9.73. The average molecular weight is 214 g/mol. The molecule has 0 spiro atoms. The molecule has 0 amide bonds. The van der Waals surface area contributed by atoms with Gasteiger partial charge in [-0.25, -0.2) is 0 Å². The van der Waals surface area contributed by atoms with E-state index in [2.05, 4.69) is 4.74 Å². The molecule has 1 aliphatic rings. The summed E-state index contributed by atoms with van der Waals surface area (Å²) in [6, 6.07) is 0. The molecule has 1 heterocycles. The zero-order chi connectivity index (χ0) is 11.8. The van der Waals surface area contributed by atoms with Gasteiger partial charge in [0.15, 0.2) is 0 Å². The van der Waals surface area contributed by atoms with Crippen molar-refractivity contribution in [3.05, 3.63) is 0 Å². The van der Waals surface area contributed by atoms with Crippen molar-refractivity contribution in [3.63, 3.8) is 0 Å². The molecule has 4 nitrogen and oxygen atoms in total. The van der Waals surface area contributed by atoms with E-state index < -0.39 is 23.8 Å². The Bertz CT molecular complexity index is 277. The first-order valence-corrected chi connectivity index (χ1v) is 5.07. The van der Waals surface area contributed by atoms with Crippen LogP contribution in [0.4, 0.5) is 0 Å². The fourth-order valence-corrected chi connectivity index (χ4v) is 2.01. The third-order valence-corrected chi connectivity index (χ3v) is 2.90. The number of cyclic esters (lactones) is 2. The van der Waals surface area contributed by atoms with E-state index in [1.165, 1.54) is 7.11 Å². The highest BCUT2D eigenvalue weighted by atomic mass is 16.6. The maximum Gasteiger partial charge on any atom is 0.320 e. The standard InChI is InChI=1S/C11H18O4/c1-6(14-5)7-8(11(2,3)4)10(13)15-9(7)12/h6-8H,1-5H3. The molecule has 0 aromatic rings. The SMILES string of the molecule is COC(C)C1C(=O)OC(=O)C1C(C)(C)C. The third-order valence-electron chi connectivity index (χ3n) is 2.90. The van der Waals surface area contributed by atoms with E-state index in [0.29, 0.717) is 0 Å². The van der Waals surface area contributed by atoms with E-state index in [1.807, 2.05) is 20.8 Å². The smallest absolute Gasteiger partial charge is 0.320 e. The minimum absolute atomic E-state index is 0.291. The van der Waals surface area contributed by atoms with Crippen LogP contribution in [0.15, 0.2) is 0 Å². The highest BCUT2D eigenvalue weighted by Crippen LogP contribution is 2.40. The number of hydrogen-bond acceptors (Lipinski definition) is 4. The summed E-state index contributed by atoms with van der Waals surface area (Å²) < 4.78 is 9.80. The number of carbonyl (C=O) groups excluding carboxylic acids is 2. The van der Waals surface area contributed by atoms with Crippen LogP contribution in [-0.2, 0) is 19.1 Å². The molecule has 3 atom stereocenters. The molecule has 0 aliphatic carbocycles. The van der Waals surface area contributed by atoms with Gasteiger partial charge in [-0.15, -0.1) is 0 Å². The van der Waals surface area contributed by atoms with Gasteiger partial charge in [-0.1, -0.05) is 20.8 Å². The van der Waals surface area contributed by atoms with Crippen molar-refractivity contribution in [3.8, 4) is 0 Å². The lowest BCUT2D eigenvalue weighted by Gasteiger charge is -2.29. The Balaban J connectivity index is 3.00. The second-order valence-electron chi connectivity index (χ2n) is 5.05. The molecule has 4 heteroatoms. The van der Waals surface area contributed by atoms with Crippen LogP contribution in [0.25, 0.3) is 0 Å². The van der Waals surface area contributed by atoms with E-state index in [0.717, 1.165) is 0 Å². The number of hydrogen-bond donors (Lipinski definition) is 0. The Kier molecular flexibility index (Phi) is 3.19. The molecule has 1 fully saturated rings. The summed E-state index contributed by atoms with van der Waals surface area (Å²) in [6.45, 7) is 7.55. The molecule has 3 unspecified atom stereocenters. The molecular weight excluding hydrogens is 196 g/mol. The highest BCUT2D eigenvalue weighted by Gasteiger charge is 2.52. The van der Waals surface area contributed by atoms with Gasteiger partial charge in [-0.2, -0.15) is 0 Å². The number of carbonyl (C=O) groups is 2. The zero-order valence-corrected chi connectivity index (χ0v) is 9.87. The Labute approximate surface area is 89.9 Å². The summed E-state index contributed by atoms with van der Waals surface area (Å²) in [7, 11) is 1.53.